The molecule has 0 aliphatic carbocycles. The van der Waals surface area contributed by atoms with Crippen LogP contribution in [0.4, 0.5) is 8.78 Å². The quantitative estimate of drug-likeness (QED) is 0.926. The highest BCUT2D eigenvalue weighted by molar-refractivity contribution is 5.79. The Balaban J connectivity index is 2.11. The number of hydrogen-bond acceptors (Lipinski definition) is 2. The number of carbonyl (C=O) groups is 1. The molecule has 1 saturated heterocycles. The molecule has 2 unspecified atom stereocenters. The molecular formula is C16H22F2N2O. The monoisotopic (exact) mass is 296 g/mol. The Kier molecular flexibility index (Phi) is 5.28. The van der Waals surface area contributed by atoms with E-state index >= 15 is 0 Å². The van der Waals surface area contributed by atoms with Crippen molar-refractivity contribution < 1.29 is 13.6 Å². The van der Waals surface area contributed by atoms with Gasteiger partial charge in [0, 0.05) is 30.7 Å². The lowest BCUT2D eigenvalue weighted by atomic mass is 10.0. The van der Waals surface area contributed by atoms with E-state index in [9.17, 15) is 13.6 Å². The second kappa shape index (κ2) is 6.98. The molecule has 1 aromatic rings. The number of nitrogens with one attached hydrogen (secondary N) is 1. The third kappa shape index (κ3) is 3.59. The summed E-state index contributed by atoms with van der Waals surface area (Å²) in [5.74, 6) is -1.95. The molecule has 2 rings (SSSR count). The SMILES string of the molecule is CCC1CN(C(=O)Cc2cccc(F)c2F)C(CC)CN1. The van der Waals surface area contributed by atoms with Crippen molar-refractivity contribution in [1.82, 2.24) is 10.2 Å². The summed E-state index contributed by atoms with van der Waals surface area (Å²) < 4.78 is 26.9. The van der Waals surface area contributed by atoms with Crippen molar-refractivity contribution in [3.8, 4) is 0 Å². The Morgan fingerprint density at radius 1 is 1.33 bits per heavy atom. The minimum absolute atomic E-state index is 0.0868. The van der Waals surface area contributed by atoms with Gasteiger partial charge in [0.1, 0.15) is 0 Å². The zero-order chi connectivity index (χ0) is 15.4. The van der Waals surface area contributed by atoms with Gasteiger partial charge in [-0.25, -0.2) is 8.78 Å². The van der Waals surface area contributed by atoms with Crippen LogP contribution in [0.15, 0.2) is 18.2 Å². The maximum Gasteiger partial charge on any atom is 0.227 e. The number of hydrogen-bond donors (Lipinski definition) is 1. The van der Waals surface area contributed by atoms with Crippen LogP contribution in [0.3, 0.4) is 0 Å². The van der Waals surface area contributed by atoms with E-state index in [1.54, 1.807) is 0 Å². The van der Waals surface area contributed by atoms with E-state index in [1.165, 1.54) is 12.1 Å². The van der Waals surface area contributed by atoms with E-state index in [2.05, 4.69) is 12.2 Å². The molecule has 1 aromatic carbocycles. The van der Waals surface area contributed by atoms with Crippen molar-refractivity contribution >= 4 is 5.91 Å². The Hall–Kier alpha value is -1.49. The number of halogens is 2. The average Bonchev–Trinajstić information content (AvgIpc) is 2.51. The second-order valence-electron chi connectivity index (χ2n) is 5.51. The Morgan fingerprint density at radius 2 is 2.10 bits per heavy atom. The topological polar surface area (TPSA) is 32.3 Å². The highest BCUT2D eigenvalue weighted by atomic mass is 19.2. The lowest BCUT2D eigenvalue weighted by Gasteiger charge is -2.40. The van der Waals surface area contributed by atoms with Gasteiger partial charge in [-0.2, -0.15) is 0 Å². The van der Waals surface area contributed by atoms with Crippen molar-refractivity contribution in [2.75, 3.05) is 13.1 Å². The summed E-state index contributed by atoms with van der Waals surface area (Å²) in [6.45, 7) is 5.48. The molecule has 1 heterocycles. The first-order chi connectivity index (χ1) is 10.1. The Labute approximate surface area is 124 Å². The predicted octanol–water partition coefficient (Wildman–Crippen LogP) is 2.50. The minimum atomic E-state index is -0.916. The molecule has 0 aromatic heterocycles. The molecule has 1 aliphatic heterocycles. The number of benzene rings is 1. The summed E-state index contributed by atoms with van der Waals surface area (Å²) in [6, 6.07) is 4.36. The van der Waals surface area contributed by atoms with Gasteiger partial charge < -0.3 is 10.2 Å². The molecule has 0 radical (unpaired) electrons. The van der Waals surface area contributed by atoms with E-state index in [0.29, 0.717) is 6.54 Å². The van der Waals surface area contributed by atoms with E-state index in [-0.39, 0.29) is 30.0 Å². The highest BCUT2D eigenvalue weighted by Gasteiger charge is 2.29. The molecule has 0 spiro atoms. The van der Waals surface area contributed by atoms with Crippen LogP contribution in [0, 0.1) is 11.6 Å². The minimum Gasteiger partial charge on any atom is -0.337 e. The largest absolute Gasteiger partial charge is 0.337 e. The van der Waals surface area contributed by atoms with Crippen molar-refractivity contribution in [2.24, 2.45) is 0 Å². The fraction of sp³-hybridized carbons (Fsp3) is 0.562. The predicted molar refractivity (Wildman–Crippen MR) is 77.9 cm³/mol. The smallest absolute Gasteiger partial charge is 0.227 e. The summed E-state index contributed by atoms with van der Waals surface area (Å²) in [5.41, 5.74) is 0.126. The van der Waals surface area contributed by atoms with Crippen LogP contribution < -0.4 is 5.32 Å². The first-order valence-electron chi connectivity index (χ1n) is 7.52. The summed E-state index contributed by atoms with van der Waals surface area (Å²) in [7, 11) is 0. The normalized spacial score (nSPS) is 22.4. The zero-order valence-electron chi connectivity index (χ0n) is 12.5. The first-order valence-corrected chi connectivity index (χ1v) is 7.52. The fourth-order valence-electron chi connectivity index (χ4n) is 2.76. The molecule has 1 amide bonds. The van der Waals surface area contributed by atoms with Gasteiger partial charge in [-0.05, 0) is 18.9 Å². The van der Waals surface area contributed by atoms with Gasteiger partial charge >= 0.3 is 0 Å². The highest BCUT2D eigenvalue weighted by Crippen LogP contribution is 2.17. The van der Waals surface area contributed by atoms with Gasteiger partial charge in [-0.1, -0.05) is 26.0 Å². The molecular weight excluding hydrogens is 274 g/mol. The number of nitrogens with zero attached hydrogens (tertiary/aromatic N) is 1. The lowest BCUT2D eigenvalue weighted by molar-refractivity contribution is -0.134. The van der Waals surface area contributed by atoms with Crippen LogP contribution in [0.1, 0.15) is 32.3 Å². The van der Waals surface area contributed by atoms with E-state index < -0.39 is 11.6 Å². The van der Waals surface area contributed by atoms with E-state index in [0.717, 1.165) is 25.5 Å². The average molecular weight is 296 g/mol. The van der Waals surface area contributed by atoms with Crippen LogP contribution in [-0.4, -0.2) is 36.0 Å². The summed E-state index contributed by atoms with van der Waals surface area (Å²) in [6.07, 6.45) is 1.70. The van der Waals surface area contributed by atoms with Crippen LogP contribution >= 0.6 is 0 Å². The van der Waals surface area contributed by atoms with Crippen molar-refractivity contribution in [1.29, 1.82) is 0 Å². The third-order valence-corrected chi connectivity index (χ3v) is 4.16. The van der Waals surface area contributed by atoms with Crippen molar-refractivity contribution in [2.45, 2.75) is 45.2 Å². The Morgan fingerprint density at radius 3 is 2.76 bits per heavy atom. The van der Waals surface area contributed by atoms with Crippen LogP contribution in [-0.2, 0) is 11.2 Å². The van der Waals surface area contributed by atoms with Crippen molar-refractivity contribution in [3.63, 3.8) is 0 Å². The summed E-state index contributed by atoms with van der Waals surface area (Å²) in [4.78, 5) is 14.3. The molecule has 21 heavy (non-hydrogen) atoms. The molecule has 1 N–H and O–H groups in total. The van der Waals surface area contributed by atoms with Gasteiger partial charge in [0.2, 0.25) is 5.91 Å². The number of carbonyl (C=O) groups excluding carboxylic acids is 1. The van der Waals surface area contributed by atoms with Gasteiger partial charge in [-0.15, -0.1) is 0 Å². The van der Waals surface area contributed by atoms with Gasteiger partial charge in [0.05, 0.1) is 6.42 Å². The first kappa shape index (κ1) is 15.9. The number of piperazine rings is 1. The molecule has 0 bridgehead atoms. The molecule has 5 heteroatoms. The number of rotatable bonds is 4. The van der Waals surface area contributed by atoms with Crippen LogP contribution in [0.5, 0.6) is 0 Å². The van der Waals surface area contributed by atoms with E-state index in [4.69, 9.17) is 0 Å². The molecule has 0 saturated carbocycles. The van der Waals surface area contributed by atoms with E-state index in [1.807, 2.05) is 11.8 Å². The standard InChI is InChI=1S/C16H22F2N2O/c1-3-12-10-20(13(4-2)9-19-12)15(21)8-11-6-5-7-14(17)16(11)18/h5-7,12-13,19H,3-4,8-10H2,1-2H3. The number of amides is 1. The fourth-order valence-corrected chi connectivity index (χ4v) is 2.76. The molecule has 1 fully saturated rings. The van der Waals surface area contributed by atoms with Crippen LogP contribution in [0.2, 0.25) is 0 Å². The third-order valence-electron chi connectivity index (χ3n) is 4.16. The summed E-state index contributed by atoms with van der Waals surface area (Å²) in [5, 5.41) is 3.41. The van der Waals surface area contributed by atoms with Gasteiger partial charge in [0.15, 0.2) is 11.6 Å². The molecule has 1 aliphatic rings. The maximum atomic E-state index is 13.7. The van der Waals surface area contributed by atoms with Crippen LogP contribution in [0.25, 0.3) is 0 Å². The Bertz CT molecular complexity index is 507. The zero-order valence-corrected chi connectivity index (χ0v) is 12.5. The maximum absolute atomic E-state index is 13.7. The molecule has 3 nitrogen and oxygen atoms in total. The van der Waals surface area contributed by atoms with Gasteiger partial charge in [0.25, 0.3) is 0 Å². The second-order valence-corrected chi connectivity index (χ2v) is 5.51. The molecule has 2 atom stereocenters. The summed E-state index contributed by atoms with van der Waals surface area (Å²) >= 11 is 0. The molecule has 116 valence electrons. The lowest BCUT2D eigenvalue weighted by Crippen LogP contribution is -2.58. The van der Waals surface area contributed by atoms with Gasteiger partial charge in [-0.3, -0.25) is 4.79 Å². The van der Waals surface area contributed by atoms with Crippen molar-refractivity contribution in [3.05, 3.63) is 35.4 Å².